The summed E-state index contributed by atoms with van der Waals surface area (Å²) in [6.07, 6.45) is 24.1. The van der Waals surface area contributed by atoms with E-state index < -0.39 is 5.97 Å². The highest BCUT2D eigenvalue weighted by Crippen LogP contribution is 2.29. The van der Waals surface area contributed by atoms with Crippen molar-refractivity contribution in [3.8, 4) is 29.1 Å². The molecule has 0 saturated heterocycles. The van der Waals surface area contributed by atoms with Gasteiger partial charge in [-0.05, 0) is 99.9 Å². The molecule has 0 aliphatic heterocycles. The Morgan fingerprint density at radius 2 is 1.00 bits per heavy atom. The van der Waals surface area contributed by atoms with Crippen molar-refractivity contribution in [1.82, 2.24) is 0 Å². The zero-order chi connectivity index (χ0) is 41.5. The summed E-state index contributed by atoms with van der Waals surface area (Å²) in [4.78, 5) is 47.8. The van der Waals surface area contributed by atoms with Gasteiger partial charge in [-0.1, -0.05) is 96.1 Å². The van der Waals surface area contributed by atoms with Crippen LogP contribution in [-0.2, 0) is 33.4 Å². The van der Waals surface area contributed by atoms with Gasteiger partial charge in [-0.3, -0.25) is 14.4 Å². The number of hydrogen-bond donors (Lipinski definition) is 0. The summed E-state index contributed by atoms with van der Waals surface area (Å²) in [5, 5.41) is 0. The second kappa shape index (κ2) is 30.2. The number of benzene rings is 2. The molecule has 1 aliphatic rings. The number of hydrogen-bond acceptors (Lipinski definition) is 10. The molecule has 0 amide bonds. The van der Waals surface area contributed by atoms with Crippen LogP contribution in [0.25, 0.3) is 0 Å². The van der Waals surface area contributed by atoms with Crippen LogP contribution >= 0.6 is 0 Å². The van der Waals surface area contributed by atoms with Crippen molar-refractivity contribution in [3.63, 3.8) is 0 Å². The lowest BCUT2D eigenvalue weighted by molar-refractivity contribution is -0.141. The molecule has 3 rings (SSSR count). The largest absolute Gasteiger partial charge is 0.494 e. The molecule has 0 bridgehead atoms. The molecule has 2 aromatic carbocycles. The van der Waals surface area contributed by atoms with Gasteiger partial charge in [0.05, 0.1) is 31.2 Å². The minimum Gasteiger partial charge on any atom is -0.494 e. The van der Waals surface area contributed by atoms with Crippen LogP contribution in [0.2, 0.25) is 0 Å². The molecule has 0 heterocycles. The maximum atomic E-state index is 12.8. The van der Waals surface area contributed by atoms with E-state index in [2.05, 4.69) is 25.0 Å². The third-order valence-corrected chi connectivity index (χ3v) is 10.0. The van der Waals surface area contributed by atoms with E-state index in [1.165, 1.54) is 44.6 Å². The van der Waals surface area contributed by atoms with E-state index in [-0.39, 0.29) is 29.9 Å². The molecule has 0 N–H and O–H groups in total. The Labute approximate surface area is 346 Å². The maximum Gasteiger partial charge on any atom is 0.390 e. The van der Waals surface area contributed by atoms with Crippen molar-refractivity contribution in [2.75, 3.05) is 13.2 Å². The number of ether oxygens (including phenoxy) is 6. The van der Waals surface area contributed by atoms with Crippen molar-refractivity contribution >= 4 is 23.9 Å². The van der Waals surface area contributed by atoms with E-state index in [0.29, 0.717) is 36.5 Å². The SMILES string of the molecule is C=COC(=O)CCCCCCCCCCOc1ccc(C#CC(=O)Oc2ccc(OC(=O)C3CCC(OCCCCCCCCCCC(=O)OC=C)CC3)cc2)cc1. The molecular formula is C48H64O10. The predicted molar refractivity (Wildman–Crippen MR) is 224 cm³/mol. The highest BCUT2D eigenvalue weighted by atomic mass is 16.5. The molecule has 10 nitrogen and oxygen atoms in total. The standard InChI is InChI=1S/C48H64O10/c1-3-53-45(49)21-17-13-9-5-7-11-15-19-37-55-41-28-23-39(24-29-41)25-36-47(51)57-43-32-34-44(35-33-43)58-48(52)40-26-30-42(31-27-40)56-38-20-16-12-8-6-10-14-18-22-46(50)54-4-2/h3-4,23-24,28-29,32-35,40,42H,1-2,5-22,26-27,30-31,37-38H2. The number of carbonyl (C=O) groups excluding carboxylic acids is 4. The average molecular weight is 801 g/mol. The van der Waals surface area contributed by atoms with Crippen LogP contribution in [0.4, 0.5) is 0 Å². The zero-order valence-electron chi connectivity index (χ0n) is 34.4. The van der Waals surface area contributed by atoms with Gasteiger partial charge in [-0.2, -0.15) is 0 Å². The molecule has 10 heteroatoms. The van der Waals surface area contributed by atoms with E-state index in [1.54, 1.807) is 36.4 Å². The van der Waals surface area contributed by atoms with Crippen molar-refractivity contribution < 1.29 is 47.6 Å². The monoisotopic (exact) mass is 800 g/mol. The number of carbonyl (C=O) groups is 4. The summed E-state index contributed by atoms with van der Waals surface area (Å²) >= 11 is 0. The Morgan fingerprint density at radius 1 is 0.552 bits per heavy atom. The van der Waals surface area contributed by atoms with E-state index >= 15 is 0 Å². The van der Waals surface area contributed by atoms with Crippen LogP contribution in [-0.4, -0.2) is 43.2 Å². The van der Waals surface area contributed by atoms with Crippen LogP contribution in [0, 0.1) is 17.8 Å². The lowest BCUT2D eigenvalue weighted by atomic mass is 9.87. The quantitative estimate of drug-likeness (QED) is 0.0258. The molecular weight excluding hydrogens is 737 g/mol. The first-order chi connectivity index (χ1) is 28.4. The van der Waals surface area contributed by atoms with Gasteiger partial charge in [-0.25, -0.2) is 4.79 Å². The number of rotatable bonds is 29. The van der Waals surface area contributed by atoms with Crippen molar-refractivity contribution in [2.24, 2.45) is 5.92 Å². The van der Waals surface area contributed by atoms with Gasteiger partial charge >= 0.3 is 23.9 Å². The lowest BCUT2D eigenvalue weighted by Gasteiger charge is -2.27. The van der Waals surface area contributed by atoms with Gasteiger partial charge < -0.3 is 28.4 Å². The highest BCUT2D eigenvalue weighted by Gasteiger charge is 2.28. The third kappa shape index (κ3) is 22.2. The molecule has 0 atom stereocenters. The van der Waals surface area contributed by atoms with Crippen LogP contribution < -0.4 is 14.2 Å². The van der Waals surface area contributed by atoms with Crippen LogP contribution in [0.1, 0.15) is 147 Å². The Balaban J connectivity index is 1.19. The fraction of sp³-hybridized carbons (Fsp3) is 0.542. The van der Waals surface area contributed by atoms with E-state index in [0.717, 1.165) is 109 Å². The molecule has 316 valence electrons. The van der Waals surface area contributed by atoms with Crippen molar-refractivity contribution in [2.45, 2.75) is 147 Å². The molecule has 0 unspecified atom stereocenters. The Bertz CT molecular complexity index is 1560. The number of unbranched alkanes of at least 4 members (excludes halogenated alkanes) is 14. The molecule has 2 aromatic rings. The molecule has 1 aliphatic carbocycles. The fourth-order valence-corrected chi connectivity index (χ4v) is 6.74. The highest BCUT2D eigenvalue weighted by molar-refractivity contribution is 5.90. The predicted octanol–water partition coefficient (Wildman–Crippen LogP) is 10.9. The molecule has 0 spiro atoms. The second-order valence-corrected chi connectivity index (χ2v) is 14.7. The summed E-state index contributed by atoms with van der Waals surface area (Å²) in [6, 6.07) is 13.7. The molecule has 0 aromatic heterocycles. The van der Waals surface area contributed by atoms with E-state index in [4.69, 9.17) is 28.4 Å². The van der Waals surface area contributed by atoms with Gasteiger partial charge in [0.1, 0.15) is 17.2 Å². The Kier molecular flexibility index (Phi) is 24.8. The Morgan fingerprint density at radius 3 is 1.52 bits per heavy atom. The minimum absolute atomic E-state index is 0.160. The maximum absolute atomic E-state index is 12.8. The topological polar surface area (TPSA) is 124 Å². The van der Waals surface area contributed by atoms with Gasteiger partial charge in [-0.15, -0.1) is 0 Å². The van der Waals surface area contributed by atoms with Gasteiger partial charge in [0, 0.05) is 30.9 Å². The van der Waals surface area contributed by atoms with Gasteiger partial charge in [0.15, 0.2) is 0 Å². The van der Waals surface area contributed by atoms with E-state index in [1.807, 2.05) is 12.1 Å². The second-order valence-electron chi connectivity index (χ2n) is 14.7. The summed E-state index contributed by atoms with van der Waals surface area (Å²) < 4.78 is 32.4. The first-order valence-corrected chi connectivity index (χ1v) is 21.4. The van der Waals surface area contributed by atoms with Crippen molar-refractivity contribution in [3.05, 3.63) is 79.8 Å². The van der Waals surface area contributed by atoms with Crippen molar-refractivity contribution in [1.29, 1.82) is 0 Å². The van der Waals surface area contributed by atoms with Crippen LogP contribution in [0.5, 0.6) is 17.2 Å². The van der Waals surface area contributed by atoms with Gasteiger partial charge in [0.2, 0.25) is 0 Å². The normalized spacial score (nSPS) is 14.6. The molecule has 1 fully saturated rings. The summed E-state index contributed by atoms with van der Waals surface area (Å²) in [7, 11) is 0. The molecule has 58 heavy (non-hydrogen) atoms. The Hall–Kier alpha value is -4.88. The number of esters is 4. The smallest absolute Gasteiger partial charge is 0.390 e. The van der Waals surface area contributed by atoms with Crippen LogP contribution in [0.15, 0.2) is 74.2 Å². The molecule has 0 radical (unpaired) electrons. The molecule has 1 saturated carbocycles. The lowest BCUT2D eigenvalue weighted by Crippen LogP contribution is -2.29. The first-order valence-electron chi connectivity index (χ1n) is 21.4. The van der Waals surface area contributed by atoms with E-state index in [9.17, 15) is 19.2 Å². The summed E-state index contributed by atoms with van der Waals surface area (Å²) in [5.41, 5.74) is 0.669. The minimum atomic E-state index is -0.689. The summed E-state index contributed by atoms with van der Waals surface area (Å²) in [5.74, 6) is 5.29. The third-order valence-electron chi connectivity index (χ3n) is 10.0. The fourth-order valence-electron chi connectivity index (χ4n) is 6.74. The zero-order valence-corrected chi connectivity index (χ0v) is 34.4. The van der Waals surface area contributed by atoms with Crippen LogP contribution in [0.3, 0.4) is 0 Å². The first kappa shape index (κ1) is 47.5. The van der Waals surface area contributed by atoms with Gasteiger partial charge in [0.25, 0.3) is 0 Å². The summed E-state index contributed by atoms with van der Waals surface area (Å²) in [6.45, 7) is 8.17. The average Bonchev–Trinajstić information content (AvgIpc) is 3.22.